The number of furan rings is 1. The number of carbonyl (C=O) groups excluding carboxylic acids is 1. The van der Waals surface area contributed by atoms with E-state index in [2.05, 4.69) is 0 Å². The van der Waals surface area contributed by atoms with E-state index in [9.17, 15) is 4.79 Å². The Morgan fingerprint density at radius 3 is 2.57 bits per heavy atom. The van der Waals surface area contributed by atoms with Crippen molar-refractivity contribution in [3.05, 3.63) is 75.7 Å². The molecule has 0 N–H and O–H groups in total. The summed E-state index contributed by atoms with van der Waals surface area (Å²) in [6.45, 7) is 0.284. The van der Waals surface area contributed by atoms with Crippen molar-refractivity contribution in [3.63, 3.8) is 0 Å². The lowest BCUT2D eigenvalue weighted by atomic mass is 10.2. The van der Waals surface area contributed by atoms with Gasteiger partial charge in [-0.1, -0.05) is 29.3 Å². The highest BCUT2D eigenvalue weighted by Crippen LogP contribution is 2.35. The van der Waals surface area contributed by atoms with E-state index in [4.69, 9.17) is 46.6 Å². The molecule has 144 valence electrons. The first kappa shape index (κ1) is 18.5. The highest BCUT2D eigenvalue weighted by Gasteiger charge is 2.16. The number of ether oxygens (including phenoxy) is 4. The zero-order valence-corrected chi connectivity index (χ0v) is 16.0. The molecule has 0 unspecified atom stereocenters. The molecule has 1 aromatic heterocycles. The van der Waals surface area contributed by atoms with Crippen LogP contribution in [-0.4, -0.2) is 12.8 Å². The van der Waals surface area contributed by atoms with E-state index >= 15 is 0 Å². The molecule has 8 heteroatoms. The van der Waals surface area contributed by atoms with Crippen LogP contribution in [0, 0.1) is 0 Å². The number of benzene rings is 2. The minimum Gasteiger partial charge on any atom is -0.486 e. The summed E-state index contributed by atoms with van der Waals surface area (Å²) >= 11 is 12.1. The standard InChI is InChI=1S/C20H14Cl2O6/c21-15-2-1-3-16(22)14(15)10-25-20(23)18-7-5-13(28-18)9-24-12-4-6-17-19(8-12)27-11-26-17/h1-8H,9-11H2. The molecular formula is C20H14Cl2O6. The largest absolute Gasteiger partial charge is 0.486 e. The topological polar surface area (TPSA) is 67.1 Å². The Balaban J connectivity index is 1.34. The molecule has 1 aliphatic heterocycles. The molecule has 0 spiro atoms. The molecule has 28 heavy (non-hydrogen) atoms. The summed E-state index contributed by atoms with van der Waals surface area (Å²) in [7, 11) is 0. The highest BCUT2D eigenvalue weighted by molar-refractivity contribution is 6.35. The predicted octanol–water partition coefficient (Wildman–Crippen LogP) is 5.25. The third-order valence-corrected chi connectivity index (χ3v) is 4.71. The average molecular weight is 421 g/mol. The number of fused-ring (bicyclic) bond motifs is 1. The van der Waals surface area contributed by atoms with E-state index in [-0.39, 0.29) is 25.8 Å². The number of carbonyl (C=O) groups is 1. The molecule has 0 fully saturated rings. The van der Waals surface area contributed by atoms with E-state index in [1.54, 1.807) is 42.5 Å². The van der Waals surface area contributed by atoms with Gasteiger partial charge in [0.2, 0.25) is 12.6 Å². The zero-order chi connectivity index (χ0) is 19.5. The lowest BCUT2D eigenvalue weighted by molar-refractivity contribution is 0.0432. The molecule has 4 rings (SSSR count). The molecule has 3 aromatic rings. The number of hydrogen-bond donors (Lipinski definition) is 0. The first-order chi connectivity index (χ1) is 13.6. The molecule has 2 heterocycles. The Labute approximate surface area is 170 Å². The van der Waals surface area contributed by atoms with Crippen LogP contribution < -0.4 is 14.2 Å². The average Bonchev–Trinajstić information content (AvgIpc) is 3.34. The van der Waals surface area contributed by atoms with Gasteiger partial charge in [-0.15, -0.1) is 0 Å². The summed E-state index contributed by atoms with van der Waals surface area (Å²) in [4.78, 5) is 12.2. The van der Waals surface area contributed by atoms with Gasteiger partial charge in [0.25, 0.3) is 0 Å². The van der Waals surface area contributed by atoms with Gasteiger partial charge in [0.05, 0.1) is 0 Å². The maximum atomic E-state index is 12.2. The fourth-order valence-corrected chi connectivity index (χ4v) is 3.07. The SMILES string of the molecule is O=C(OCc1c(Cl)cccc1Cl)c1ccc(COc2ccc3c(c2)OCO3)o1. The fourth-order valence-electron chi connectivity index (χ4n) is 2.57. The molecule has 1 aliphatic rings. The second-order valence-corrected chi connectivity index (χ2v) is 6.66. The van der Waals surface area contributed by atoms with Gasteiger partial charge < -0.3 is 23.4 Å². The molecule has 6 nitrogen and oxygen atoms in total. The molecule has 0 radical (unpaired) electrons. The number of rotatable bonds is 6. The van der Waals surface area contributed by atoms with Crippen molar-refractivity contribution in [2.45, 2.75) is 13.2 Å². The van der Waals surface area contributed by atoms with Gasteiger partial charge in [-0.2, -0.15) is 0 Å². The van der Waals surface area contributed by atoms with Gasteiger partial charge >= 0.3 is 5.97 Å². The molecule has 0 aliphatic carbocycles. The molecule has 0 saturated heterocycles. The Bertz CT molecular complexity index is 993. The maximum absolute atomic E-state index is 12.2. The summed E-state index contributed by atoms with van der Waals surface area (Å²) in [6, 6.07) is 13.5. The van der Waals surface area contributed by atoms with Crippen molar-refractivity contribution in [1.29, 1.82) is 0 Å². The Morgan fingerprint density at radius 1 is 0.964 bits per heavy atom. The second-order valence-electron chi connectivity index (χ2n) is 5.85. The van der Waals surface area contributed by atoms with Crippen LogP contribution in [0.4, 0.5) is 0 Å². The first-order valence-corrected chi connectivity index (χ1v) is 9.07. The second kappa shape index (κ2) is 8.04. The summed E-state index contributed by atoms with van der Waals surface area (Å²) in [5.74, 6) is 1.81. The third-order valence-electron chi connectivity index (χ3n) is 4.00. The van der Waals surface area contributed by atoms with Gasteiger partial charge in [0.1, 0.15) is 24.7 Å². The molecule has 0 atom stereocenters. The molecule has 2 aromatic carbocycles. The van der Waals surface area contributed by atoms with Crippen LogP contribution in [0.2, 0.25) is 10.0 Å². The van der Waals surface area contributed by atoms with Crippen LogP contribution in [-0.2, 0) is 18.0 Å². The summed E-state index contributed by atoms with van der Waals surface area (Å²) in [5.41, 5.74) is 0.539. The van der Waals surface area contributed by atoms with Crippen LogP contribution in [0.15, 0.2) is 52.9 Å². The van der Waals surface area contributed by atoms with Crippen molar-refractivity contribution in [2.24, 2.45) is 0 Å². The minimum atomic E-state index is -0.620. The molecule has 0 saturated carbocycles. The van der Waals surface area contributed by atoms with E-state index in [1.807, 2.05) is 0 Å². The zero-order valence-electron chi connectivity index (χ0n) is 14.4. The molecule has 0 bridgehead atoms. The van der Waals surface area contributed by atoms with Crippen LogP contribution in [0.5, 0.6) is 17.2 Å². The Kier molecular flexibility index (Phi) is 5.32. The van der Waals surface area contributed by atoms with E-state index in [0.29, 0.717) is 38.6 Å². The quantitative estimate of drug-likeness (QED) is 0.507. The van der Waals surface area contributed by atoms with Crippen molar-refractivity contribution in [1.82, 2.24) is 0 Å². The van der Waals surface area contributed by atoms with E-state index in [1.165, 1.54) is 6.07 Å². The molecule has 0 amide bonds. The van der Waals surface area contributed by atoms with Crippen LogP contribution in [0.25, 0.3) is 0 Å². The normalized spacial score (nSPS) is 12.1. The van der Waals surface area contributed by atoms with Crippen molar-refractivity contribution >= 4 is 29.2 Å². The van der Waals surface area contributed by atoms with E-state index in [0.717, 1.165) is 0 Å². The Morgan fingerprint density at radius 2 is 1.75 bits per heavy atom. The van der Waals surface area contributed by atoms with E-state index < -0.39 is 5.97 Å². The van der Waals surface area contributed by atoms with Gasteiger partial charge in [0, 0.05) is 21.7 Å². The van der Waals surface area contributed by atoms with Gasteiger partial charge in [0.15, 0.2) is 11.5 Å². The van der Waals surface area contributed by atoms with Crippen molar-refractivity contribution in [2.75, 3.05) is 6.79 Å². The van der Waals surface area contributed by atoms with Crippen LogP contribution >= 0.6 is 23.2 Å². The summed E-state index contributed by atoms with van der Waals surface area (Å²) < 4.78 is 26.9. The fraction of sp³-hybridized carbons (Fsp3) is 0.150. The number of hydrogen-bond acceptors (Lipinski definition) is 6. The third kappa shape index (κ3) is 4.03. The number of esters is 1. The van der Waals surface area contributed by atoms with Crippen molar-refractivity contribution < 1.29 is 28.2 Å². The van der Waals surface area contributed by atoms with Crippen LogP contribution in [0.1, 0.15) is 21.9 Å². The highest BCUT2D eigenvalue weighted by atomic mass is 35.5. The van der Waals surface area contributed by atoms with Crippen molar-refractivity contribution in [3.8, 4) is 17.2 Å². The maximum Gasteiger partial charge on any atom is 0.374 e. The lowest BCUT2D eigenvalue weighted by Gasteiger charge is -2.07. The minimum absolute atomic E-state index is 0.0545. The Hall–Kier alpha value is -2.83. The molecular weight excluding hydrogens is 407 g/mol. The van der Waals surface area contributed by atoms with Gasteiger partial charge in [-0.05, 0) is 36.4 Å². The predicted molar refractivity (Wildman–Crippen MR) is 101 cm³/mol. The van der Waals surface area contributed by atoms with Gasteiger partial charge in [-0.3, -0.25) is 0 Å². The lowest BCUT2D eigenvalue weighted by Crippen LogP contribution is -2.05. The number of halogens is 2. The first-order valence-electron chi connectivity index (χ1n) is 8.31. The smallest absolute Gasteiger partial charge is 0.374 e. The summed E-state index contributed by atoms with van der Waals surface area (Å²) in [5, 5.41) is 0.857. The monoisotopic (exact) mass is 420 g/mol. The van der Waals surface area contributed by atoms with Crippen LogP contribution in [0.3, 0.4) is 0 Å². The van der Waals surface area contributed by atoms with Gasteiger partial charge in [-0.25, -0.2) is 4.79 Å². The summed E-state index contributed by atoms with van der Waals surface area (Å²) in [6.07, 6.45) is 0.